The molecule has 0 unspecified atom stereocenters. The first kappa shape index (κ1) is 20.6. The minimum Gasteiger partial charge on any atom is -0.356 e. The molecule has 0 radical (unpaired) electrons. The lowest BCUT2D eigenvalue weighted by molar-refractivity contribution is 0.626. The molecule has 0 amide bonds. The number of hydrogen-bond donors (Lipinski definition) is 2. The van der Waals surface area contributed by atoms with Gasteiger partial charge >= 0.3 is 0 Å². The number of hydrogen-bond acceptors (Lipinski definition) is 2. The number of para-hydroxylation sites is 1. The Labute approximate surface area is 171 Å². The highest BCUT2D eigenvalue weighted by atomic mass is 19.1. The summed E-state index contributed by atoms with van der Waals surface area (Å²) in [5.74, 6) is 0.576. The molecular weight excluding hydrogens is 365 g/mol. The topological polar surface area (TPSA) is 54.2 Å². The fourth-order valence-corrected chi connectivity index (χ4v) is 3.14. The van der Waals surface area contributed by atoms with E-state index in [0.29, 0.717) is 0 Å². The first-order chi connectivity index (χ1) is 14.2. The van der Waals surface area contributed by atoms with Gasteiger partial charge in [-0.25, -0.2) is 9.07 Å². The summed E-state index contributed by atoms with van der Waals surface area (Å²) in [5, 5.41) is 11.3. The molecule has 5 nitrogen and oxygen atoms in total. The smallest absolute Gasteiger partial charge is 0.190 e. The predicted octanol–water partition coefficient (Wildman–Crippen LogP) is 3.66. The second-order valence-corrected chi connectivity index (χ2v) is 6.93. The van der Waals surface area contributed by atoms with Crippen molar-refractivity contribution in [2.45, 2.75) is 26.2 Å². The molecule has 0 aliphatic carbocycles. The van der Waals surface area contributed by atoms with E-state index in [9.17, 15) is 4.39 Å². The van der Waals surface area contributed by atoms with Crippen molar-refractivity contribution in [1.29, 1.82) is 0 Å². The average Bonchev–Trinajstić information content (AvgIpc) is 3.12. The highest BCUT2D eigenvalue weighted by molar-refractivity contribution is 5.79. The Morgan fingerprint density at radius 1 is 1.00 bits per heavy atom. The van der Waals surface area contributed by atoms with Crippen LogP contribution in [0.5, 0.6) is 0 Å². The Morgan fingerprint density at radius 3 is 2.45 bits per heavy atom. The number of aryl methyl sites for hydroxylation is 2. The molecule has 29 heavy (non-hydrogen) atoms. The SMILES string of the molecule is CN=C(NCCCc1cn(-c2ccccc2)nc1C)NCCc1ccc(F)cc1. The molecule has 0 spiro atoms. The fourth-order valence-electron chi connectivity index (χ4n) is 3.14. The third kappa shape index (κ3) is 6.17. The number of aromatic nitrogens is 2. The van der Waals surface area contributed by atoms with Crippen molar-refractivity contribution in [1.82, 2.24) is 20.4 Å². The maximum absolute atomic E-state index is 12.9. The molecule has 1 heterocycles. The summed E-state index contributed by atoms with van der Waals surface area (Å²) in [6.07, 6.45) is 4.87. The lowest BCUT2D eigenvalue weighted by Crippen LogP contribution is -2.38. The lowest BCUT2D eigenvalue weighted by Gasteiger charge is -2.11. The molecule has 2 N–H and O–H groups in total. The minimum absolute atomic E-state index is 0.205. The van der Waals surface area contributed by atoms with E-state index in [1.807, 2.05) is 35.0 Å². The van der Waals surface area contributed by atoms with E-state index in [4.69, 9.17) is 0 Å². The van der Waals surface area contributed by atoms with Crippen molar-refractivity contribution < 1.29 is 4.39 Å². The van der Waals surface area contributed by atoms with E-state index in [2.05, 4.69) is 46.0 Å². The van der Waals surface area contributed by atoms with Gasteiger partial charge in [0.05, 0.1) is 11.4 Å². The Bertz CT molecular complexity index is 916. The summed E-state index contributed by atoms with van der Waals surface area (Å²) in [7, 11) is 1.77. The summed E-state index contributed by atoms with van der Waals surface area (Å²) in [4.78, 5) is 4.26. The third-order valence-corrected chi connectivity index (χ3v) is 4.78. The number of halogens is 1. The van der Waals surface area contributed by atoms with Gasteiger partial charge in [-0.15, -0.1) is 0 Å². The van der Waals surface area contributed by atoms with Gasteiger partial charge in [0.15, 0.2) is 5.96 Å². The number of benzene rings is 2. The van der Waals surface area contributed by atoms with Gasteiger partial charge in [-0.3, -0.25) is 4.99 Å². The fraction of sp³-hybridized carbons (Fsp3) is 0.304. The summed E-state index contributed by atoms with van der Waals surface area (Å²) >= 11 is 0. The van der Waals surface area contributed by atoms with Gasteiger partial charge in [0.2, 0.25) is 0 Å². The number of rotatable bonds is 8. The lowest BCUT2D eigenvalue weighted by atomic mass is 10.1. The molecule has 6 heteroatoms. The van der Waals surface area contributed by atoms with Gasteiger partial charge in [-0.05, 0) is 61.6 Å². The maximum atomic E-state index is 12.9. The Kier molecular flexibility index (Phi) is 7.39. The van der Waals surface area contributed by atoms with Crippen LogP contribution in [0.25, 0.3) is 5.69 Å². The van der Waals surface area contributed by atoms with E-state index < -0.39 is 0 Å². The van der Waals surface area contributed by atoms with Crippen LogP contribution in [0, 0.1) is 12.7 Å². The maximum Gasteiger partial charge on any atom is 0.190 e. The molecule has 0 saturated carbocycles. The third-order valence-electron chi connectivity index (χ3n) is 4.78. The molecule has 3 rings (SSSR count). The zero-order chi connectivity index (χ0) is 20.5. The molecule has 3 aromatic rings. The molecule has 0 aliphatic rings. The molecule has 0 aliphatic heterocycles. The Balaban J connectivity index is 1.40. The summed E-state index contributed by atoms with van der Waals surface area (Å²) in [5.41, 5.74) is 4.50. The van der Waals surface area contributed by atoms with E-state index in [1.54, 1.807) is 7.05 Å². The molecule has 2 aromatic carbocycles. The second kappa shape index (κ2) is 10.4. The molecule has 0 fully saturated rings. The summed E-state index contributed by atoms with van der Waals surface area (Å²) in [6, 6.07) is 16.8. The van der Waals surface area contributed by atoms with Crippen molar-refractivity contribution in [3.05, 3.63) is 83.4 Å². The van der Waals surface area contributed by atoms with Crippen LogP contribution < -0.4 is 10.6 Å². The normalized spacial score (nSPS) is 11.5. The quantitative estimate of drug-likeness (QED) is 0.349. The summed E-state index contributed by atoms with van der Waals surface area (Å²) in [6.45, 7) is 3.62. The minimum atomic E-state index is -0.205. The standard InChI is InChI=1S/C23H28FN5/c1-18-20(17-29(28-18)22-8-4-3-5-9-22)7-6-15-26-23(25-2)27-16-14-19-10-12-21(24)13-11-19/h3-5,8-13,17H,6-7,14-16H2,1-2H3,(H2,25,26,27). The van der Waals surface area contributed by atoms with Crippen molar-refractivity contribution in [2.24, 2.45) is 4.99 Å². The van der Waals surface area contributed by atoms with Gasteiger partial charge in [0.1, 0.15) is 5.82 Å². The van der Waals surface area contributed by atoms with Crippen molar-refractivity contribution in [3.8, 4) is 5.69 Å². The van der Waals surface area contributed by atoms with Crippen LogP contribution in [0.15, 0.2) is 65.8 Å². The van der Waals surface area contributed by atoms with Gasteiger partial charge in [0.25, 0.3) is 0 Å². The highest BCUT2D eigenvalue weighted by Gasteiger charge is 2.06. The molecule has 0 saturated heterocycles. The molecule has 152 valence electrons. The first-order valence-corrected chi connectivity index (χ1v) is 9.95. The zero-order valence-corrected chi connectivity index (χ0v) is 17.0. The predicted molar refractivity (Wildman–Crippen MR) is 116 cm³/mol. The first-order valence-electron chi connectivity index (χ1n) is 9.95. The van der Waals surface area contributed by atoms with Gasteiger partial charge < -0.3 is 10.6 Å². The molecule has 0 bridgehead atoms. The van der Waals surface area contributed by atoms with Gasteiger partial charge in [-0.2, -0.15) is 5.10 Å². The van der Waals surface area contributed by atoms with Crippen molar-refractivity contribution >= 4 is 5.96 Å². The molecule has 1 aromatic heterocycles. The van der Waals surface area contributed by atoms with Crippen LogP contribution in [-0.2, 0) is 12.8 Å². The van der Waals surface area contributed by atoms with Crippen LogP contribution in [-0.4, -0.2) is 35.9 Å². The van der Waals surface area contributed by atoms with Crippen molar-refractivity contribution in [2.75, 3.05) is 20.1 Å². The molecule has 0 atom stereocenters. The summed E-state index contributed by atoms with van der Waals surface area (Å²) < 4.78 is 14.9. The van der Waals surface area contributed by atoms with E-state index in [0.717, 1.165) is 55.3 Å². The van der Waals surface area contributed by atoms with Gasteiger partial charge in [-0.1, -0.05) is 30.3 Å². The Hall–Kier alpha value is -3.15. The van der Waals surface area contributed by atoms with Gasteiger partial charge in [0, 0.05) is 26.3 Å². The van der Waals surface area contributed by atoms with Crippen LogP contribution in [0.2, 0.25) is 0 Å². The van der Waals surface area contributed by atoms with Crippen LogP contribution >= 0.6 is 0 Å². The second-order valence-electron chi connectivity index (χ2n) is 6.93. The van der Waals surface area contributed by atoms with Crippen LogP contribution in [0.3, 0.4) is 0 Å². The number of nitrogens with zero attached hydrogens (tertiary/aromatic N) is 3. The monoisotopic (exact) mass is 393 g/mol. The van der Waals surface area contributed by atoms with E-state index in [-0.39, 0.29) is 5.82 Å². The van der Waals surface area contributed by atoms with Crippen LogP contribution in [0.1, 0.15) is 23.2 Å². The van der Waals surface area contributed by atoms with Crippen LogP contribution in [0.4, 0.5) is 4.39 Å². The largest absolute Gasteiger partial charge is 0.356 e. The highest BCUT2D eigenvalue weighted by Crippen LogP contribution is 2.13. The Morgan fingerprint density at radius 2 is 1.72 bits per heavy atom. The number of aliphatic imine (C=N–C) groups is 1. The van der Waals surface area contributed by atoms with Crippen molar-refractivity contribution in [3.63, 3.8) is 0 Å². The van der Waals surface area contributed by atoms with E-state index >= 15 is 0 Å². The van der Waals surface area contributed by atoms with E-state index in [1.165, 1.54) is 17.7 Å². The average molecular weight is 394 g/mol. The zero-order valence-electron chi connectivity index (χ0n) is 17.0. The molecular formula is C23H28FN5. The number of guanidine groups is 1. The number of nitrogens with one attached hydrogen (secondary N) is 2.